The van der Waals surface area contributed by atoms with E-state index in [1.807, 2.05) is 0 Å². The summed E-state index contributed by atoms with van der Waals surface area (Å²) >= 11 is 5.87. The molecule has 1 saturated carbocycles. The fraction of sp³-hybridized carbons (Fsp3) is 0.259. The van der Waals surface area contributed by atoms with Gasteiger partial charge in [0.25, 0.3) is 11.5 Å². The van der Waals surface area contributed by atoms with Gasteiger partial charge in [0.15, 0.2) is 0 Å². The van der Waals surface area contributed by atoms with Crippen molar-refractivity contribution in [2.24, 2.45) is 17.8 Å². The minimum absolute atomic E-state index is 0.197. The van der Waals surface area contributed by atoms with Crippen LogP contribution in [0, 0.1) is 23.6 Å². The summed E-state index contributed by atoms with van der Waals surface area (Å²) in [5, 5.41) is 5.44. The van der Waals surface area contributed by atoms with Gasteiger partial charge in [0.1, 0.15) is 5.82 Å². The number of nitrogens with zero attached hydrogens (tertiary/aromatic N) is 2. The molecule has 3 aromatic rings. The van der Waals surface area contributed by atoms with Crippen molar-refractivity contribution in [1.29, 1.82) is 0 Å². The van der Waals surface area contributed by atoms with Crippen LogP contribution in [0.15, 0.2) is 71.7 Å². The Balaban J connectivity index is 1.35. The standard InChI is InChI=1S/C27H22ClF3N4O4/c28-15-4-6-16(7-5-15)32-24(37)21-22(23(21)26(39)34-12-10-27(30,31)14-34)25(38)33-19-9-8-17(13-18(19)29)35-11-2-1-3-20(35)36/h1-9,11,13,21-23H,10,12,14H2,(H,32,37)(H,33,38)/t21-,22+,23+/m1/s1. The van der Waals surface area contributed by atoms with Gasteiger partial charge in [-0.15, -0.1) is 0 Å². The lowest BCUT2D eigenvalue weighted by atomic mass is 10.2. The number of benzene rings is 2. The maximum Gasteiger partial charge on any atom is 0.267 e. The number of pyridine rings is 1. The van der Waals surface area contributed by atoms with Crippen LogP contribution in [0.2, 0.25) is 5.02 Å². The second-order valence-corrected chi connectivity index (χ2v) is 9.94. The molecule has 202 valence electrons. The highest BCUT2D eigenvalue weighted by Gasteiger charge is 2.64. The van der Waals surface area contributed by atoms with Crippen molar-refractivity contribution in [3.63, 3.8) is 0 Å². The summed E-state index contributed by atoms with van der Waals surface area (Å²) in [6, 6.07) is 14.3. The van der Waals surface area contributed by atoms with Gasteiger partial charge in [-0.3, -0.25) is 23.7 Å². The molecule has 0 radical (unpaired) electrons. The monoisotopic (exact) mass is 558 g/mol. The fourth-order valence-corrected chi connectivity index (χ4v) is 4.90. The zero-order valence-electron chi connectivity index (χ0n) is 20.2. The quantitative estimate of drug-likeness (QED) is 0.479. The molecule has 2 heterocycles. The van der Waals surface area contributed by atoms with Crippen LogP contribution in [0.25, 0.3) is 5.69 Å². The molecule has 1 aromatic heterocycles. The number of carbonyl (C=O) groups is 3. The number of hydrogen-bond donors (Lipinski definition) is 2. The average molecular weight is 559 g/mol. The lowest BCUT2D eigenvalue weighted by Crippen LogP contribution is -2.34. The van der Waals surface area contributed by atoms with Crippen molar-refractivity contribution in [2.75, 3.05) is 23.7 Å². The van der Waals surface area contributed by atoms with Gasteiger partial charge in [0, 0.05) is 42.0 Å². The molecule has 12 heteroatoms. The highest BCUT2D eigenvalue weighted by Crippen LogP contribution is 2.50. The molecule has 0 unspecified atom stereocenters. The maximum atomic E-state index is 14.9. The smallest absolute Gasteiger partial charge is 0.267 e. The molecule has 1 aliphatic heterocycles. The molecule has 3 amide bonds. The van der Waals surface area contributed by atoms with E-state index in [0.717, 1.165) is 11.0 Å². The summed E-state index contributed by atoms with van der Waals surface area (Å²) in [6.45, 7) is -0.992. The Morgan fingerprint density at radius 3 is 2.23 bits per heavy atom. The first-order valence-corrected chi connectivity index (χ1v) is 12.4. The van der Waals surface area contributed by atoms with Crippen LogP contribution in [0.5, 0.6) is 0 Å². The average Bonchev–Trinajstić information content (AvgIpc) is 3.55. The first-order valence-electron chi connectivity index (χ1n) is 12.1. The van der Waals surface area contributed by atoms with Gasteiger partial charge in [-0.25, -0.2) is 13.2 Å². The van der Waals surface area contributed by atoms with Gasteiger partial charge in [-0.1, -0.05) is 17.7 Å². The van der Waals surface area contributed by atoms with E-state index < -0.39 is 60.2 Å². The van der Waals surface area contributed by atoms with Crippen LogP contribution in [0.4, 0.5) is 24.5 Å². The number of nitrogens with one attached hydrogen (secondary N) is 2. The Morgan fingerprint density at radius 2 is 1.62 bits per heavy atom. The summed E-state index contributed by atoms with van der Waals surface area (Å²) in [5.41, 5.74) is -0.0108. The molecule has 5 rings (SSSR count). The number of alkyl halides is 2. The molecule has 0 spiro atoms. The van der Waals surface area contributed by atoms with Crippen LogP contribution >= 0.6 is 11.6 Å². The zero-order chi connectivity index (χ0) is 27.9. The number of amides is 3. The highest BCUT2D eigenvalue weighted by molar-refractivity contribution is 6.30. The summed E-state index contributed by atoms with van der Waals surface area (Å²) in [5.74, 6) is -9.61. The number of rotatable bonds is 6. The Morgan fingerprint density at radius 1 is 0.923 bits per heavy atom. The summed E-state index contributed by atoms with van der Waals surface area (Å²) in [4.78, 5) is 52.3. The van der Waals surface area contributed by atoms with Gasteiger partial charge in [-0.2, -0.15) is 0 Å². The van der Waals surface area contributed by atoms with Gasteiger partial charge >= 0.3 is 0 Å². The molecule has 2 aliphatic rings. The predicted molar refractivity (Wildman–Crippen MR) is 137 cm³/mol. The number of hydrogen-bond acceptors (Lipinski definition) is 4. The third-order valence-corrected chi connectivity index (χ3v) is 7.07. The zero-order valence-corrected chi connectivity index (χ0v) is 21.0. The largest absolute Gasteiger partial charge is 0.336 e. The van der Waals surface area contributed by atoms with E-state index in [1.54, 1.807) is 24.3 Å². The predicted octanol–water partition coefficient (Wildman–Crippen LogP) is 3.94. The lowest BCUT2D eigenvalue weighted by molar-refractivity contribution is -0.135. The van der Waals surface area contributed by atoms with Crippen LogP contribution in [-0.2, 0) is 14.4 Å². The molecular formula is C27H22ClF3N4O4. The van der Waals surface area contributed by atoms with Crippen molar-refractivity contribution in [3.8, 4) is 5.69 Å². The normalized spacial score (nSPS) is 21.3. The minimum atomic E-state index is -3.05. The van der Waals surface area contributed by atoms with Crippen LogP contribution in [-0.4, -0.2) is 46.2 Å². The second kappa shape index (κ2) is 10.2. The number of likely N-dealkylation sites (tertiary alicyclic amines) is 1. The van der Waals surface area contributed by atoms with Crippen molar-refractivity contribution in [3.05, 3.63) is 88.1 Å². The van der Waals surface area contributed by atoms with E-state index >= 15 is 0 Å². The van der Waals surface area contributed by atoms with E-state index in [-0.39, 0.29) is 23.5 Å². The molecule has 3 atom stereocenters. The summed E-state index contributed by atoms with van der Waals surface area (Å²) in [6.07, 6.45) is 0.952. The topological polar surface area (TPSA) is 101 Å². The Hall–Kier alpha value is -4.12. The molecule has 2 aromatic carbocycles. The van der Waals surface area contributed by atoms with E-state index in [1.165, 1.54) is 41.1 Å². The molecule has 1 saturated heterocycles. The molecular weight excluding hydrogens is 537 g/mol. The molecule has 2 N–H and O–H groups in total. The lowest BCUT2D eigenvalue weighted by Gasteiger charge is -2.16. The van der Waals surface area contributed by atoms with Gasteiger partial charge in [0.2, 0.25) is 17.7 Å². The molecule has 0 bridgehead atoms. The van der Waals surface area contributed by atoms with E-state index in [0.29, 0.717) is 10.7 Å². The SMILES string of the molecule is O=C(Nc1ccc(Cl)cc1)[C@@H]1[C@H](C(=O)Nc2ccc(-n3ccccc3=O)cc2F)[C@H]1C(=O)N1CCC(F)(F)C1. The molecule has 2 fully saturated rings. The van der Waals surface area contributed by atoms with Crippen molar-refractivity contribution >= 4 is 40.7 Å². The van der Waals surface area contributed by atoms with Crippen molar-refractivity contribution < 1.29 is 27.6 Å². The van der Waals surface area contributed by atoms with Gasteiger partial charge in [0.05, 0.1) is 35.7 Å². The van der Waals surface area contributed by atoms with Gasteiger partial charge < -0.3 is 15.5 Å². The summed E-state index contributed by atoms with van der Waals surface area (Å²) < 4.78 is 43.6. The van der Waals surface area contributed by atoms with Crippen LogP contribution in [0.1, 0.15) is 6.42 Å². The number of aromatic nitrogens is 1. The van der Waals surface area contributed by atoms with E-state index in [9.17, 15) is 32.3 Å². The minimum Gasteiger partial charge on any atom is -0.336 e. The Kier molecular flexibility index (Phi) is 6.94. The third kappa shape index (κ3) is 5.53. The second-order valence-electron chi connectivity index (χ2n) is 9.50. The van der Waals surface area contributed by atoms with Crippen LogP contribution < -0.4 is 16.2 Å². The third-order valence-electron chi connectivity index (χ3n) is 6.81. The van der Waals surface area contributed by atoms with Crippen molar-refractivity contribution in [1.82, 2.24) is 9.47 Å². The molecule has 39 heavy (non-hydrogen) atoms. The Labute approximate surface area is 225 Å². The Bertz CT molecular complexity index is 1510. The maximum absolute atomic E-state index is 14.9. The van der Waals surface area contributed by atoms with E-state index in [4.69, 9.17) is 11.6 Å². The highest BCUT2D eigenvalue weighted by atomic mass is 35.5. The number of anilines is 2. The summed E-state index contributed by atoms with van der Waals surface area (Å²) in [7, 11) is 0. The van der Waals surface area contributed by atoms with Crippen LogP contribution in [0.3, 0.4) is 0 Å². The first-order chi connectivity index (χ1) is 18.5. The van der Waals surface area contributed by atoms with Crippen molar-refractivity contribution in [2.45, 2.75) is 12.3 Å². The number of carbonyl (C=O) groups excluding carboxylic acids is 3. The van der Waals surface area contributed by atoms with E-state index in [2.05, 4.69) is 10.6 Å². The van der Waals surface area contributed by atoms with Gasteiger partial charge in [-0.05, 0) is 42.5 Å². The molecule has 1 aliphatic carbocycles. The first kappa shape index (κ1) is 26.5. The number of halogens is 4. The molecule has 8 nitrogen and oxygen atoms in total. The fourth-order valence-electron chi connectivity index (χ4n) is 4.78.